The highest BCUT2D eigenvalue weighted by atomic mass is 35.5. The van der Waals surface area contributed by atoms with E-state index in [9.17, 15) is 9.59 Å². The summed E-state index contributed by atoms with van der Waals surface area (Å²) in [6.45, 7) is 0. The minimum absolute atomic E-state index is 0.0201. The molecule has 1 saturated carbocycles. The number of hydrogen-bond donors (Lipinski definition) is 2. The van der Waals surface area contributed by atoms with Crippen LogP contribution in [-0.4, -0.2) is 17.0 Å². The number of amides is 1. The molecule has 0 unspecified atom stereocenters. The first kappa shape index (κ1) is 14.9. The molecular formula is C15H18ClNO3. The molecule has 0 saturated heterocycles. The van der Waals surface area contributed by atoms with Gasteiger partial charge in [-0.05, 0) is 24.5 Å². The number of carboxylic acids is 1. The average molecular weight is 296 g/mol. The number of aromatic carboxylic acids is 1. The number of hydrogen-bond acceptors (Lipinski definition) is 2. The molecule has 1 aliphatic carbocycles. The predicted molar refractivity (Wildman–Crippen MR) is 78.2 cm³/mol. The first-order valence-electron chi connectivity index (χ1n) is 6.89. The zero-order valence-electron chi connectivity index (χ0n) is 11.2. The second-order valence-electron chi connectivity index (χ2n) is 5.20. The van der Waals surface area contributed by atoms with Crippen molar-refractivity contribution < 1.29 is 14.7 Å². The van der Waals surface area contributed by atoms with E-state index in [1.54, 1.807) is 12.1 Å². The van der Waals surface area contributed by atoms with Gasteiger partial charge in [0.05, 0.1) is 16.3 Å². The van der Waals surface area contributed by atoms with Gasteiger partial charge in [0.2, 0.25) is 5.91 Å². The van der Waals surface area contributed by atoms with E-state index in [4.69, 9.17) is 16.7 Å². The Labute approximate surface area is 123 Å². The summed E-state index contributed by atoms with van der Waals surface area (Å²) in [5.41, 5.74) is 0.213. The Morgan fingerprint density at radius 2 is 2.00 bits per heavy atom. The Balaban J connectivity index is 1.98. The van der Waals surface area contributed by atoms with Crippen LogP contribution in [0.5, 0.6) is 0 Å². The zero-order chi connectivity index (χ0) is 14.5. The van der Waals surface area contributed by atoms with E-state index in [1.165, 1.54) is 31.7 Å². The number of halogens is 1. The summed E-state index contributed by atoms with van der Waals surface area (Å²) in [5, 5.41) is 12.0. The van der Waals surface area contributed by atoms with Crippen LogP contribution in [0.1, 0.15) is 48.9 Å². The van der Waals surface area contributed by atoms with Crippen LogP contribution in [-0.2, 0) is 4.79 Å². The lowest BCUT2D eigenvalue weighted by Crippen LogP contribution is -2.15. The summed E-state index contributed by atoms with van der Waals surface area (Å²) in [7, 11) is 0. The molecule has 1 aliphatic rings. The third-order valence-electron chi connectivity index (χ3n) is 3.76. The van der Waals surface area contributed by atoms with Crippen molar-refractivity contribution in [2.45, 2.75) is 38.5 Å². The summed E-state index contributed by atoms with van der Waals surface area (Å²) in [6.07, 6.45) is 6.16. The van der Waals surface area contributed by atoms with Crippen LogP contribution >= 0.6 is 11.6 Å². The number of carbonyl (C=O) groups is 2. The van der Waals surface area contributed by atoms with Gasteiger partial charge in [-0.1, -0.05) is 43.4 Å². The van der Waals surface area contributed by atoms with Gasteiger partial charge in [0, 0.05) is 6.42 Å². The van der Waals surface area contributed by atoms with E-state index >= 15 is 0 Å². The highest BCUT2D eigenvalue weighted by Gasteiger charge is 2.18. The third kappa shape index (κ3) is 3.73. The number of carbonyl (C=O) groups excluding carboxylic acids is 1. The van der Waals surface area contributed by atoms with Crippen molar-refractivity contribution in [3.8, 4) is 0 Å². The number of anilines is 1. The molecule has 0 atom stereocenters. The largest absolute Gasteiger partial charge is 0.478 e. The molecule has 2 N–H and O–H groups in total. The maximum absolute atomic E-state index is 11.9. The van der Waals surface area contributed by atoms with E-state index in [-0.39, 0.29) is 22.2 Å². The normalized spacial score (nSPS) is 15.2. The molecule has 0 aromatic heterocycles. The van der Waals surface area contributed by atoms with Crippen LogP contribution < -0.4 is 5.32 Å². The van der Waals surface area contributed by atoms with Gasteiger partial charge < -0.3 is 10.4 Å². The standard InChI is InChI=1S/C15H18ClNO3/c16-12-7-3-6-11(15(19)20)14(12)17-13(18)9-8-10-4-1-2-5-10/h3,6-7,10H,1-2,4-5,8-9H2,(H,17,18)(H,19,20). The SMILES string of the molecule is O=C(CCC1CCCC1)Nc1c(Cl)cccc1C(=O)O. The molecule has 108 valence electrons. The second-order valence-corrected chi connectivity index (χ2v) is 5.61. The fourth-order valence-corrected chi connectivity index (χ4v) is 2.89. The summed E-state index contributed by atoms with van der Waals surface area (Å²) < 4.78 is 0. The van der Waals surface area contributed by atoms with Gasteiger partial charge in [-0.3, -0.25) is 4.79 Å². The molecule has 1 fully saturated rings. The van der Waals surface area contributed by atoms with Gasteiger partial charge in [0.15, 0.2) is 0 Å². The molecule has 4 nitrogen and oxygen atoms in total. The van der Waals surface area contributed by atoms with Gasteiger partial charge in [0.25, 0.3) is 0 Å². The van der Waals surface area contributed by atoms with Crippen molar-refractivity contribution >= 4 is 29.2 Å². The van der Waals surface area contributed by atoms with Crippen LogP contribution in [0.25, 0.3) is 0 Å². The molecule has 1 aromatic rings. The molecule has 0 bridgehead atoms. The summed E-state index contributed by atoms with van der Waals surface area (Å²) in [5.74, 6) is -0.642. The lowest BCUT2D eigenvalue weighted by Gasteiger charge is -2.12. The third-order valence-corrected chi connectivity index (χ3v) is 4.08. The lowest BCUT2D eigenvalue weighted by molar-refractivity contribution is -0.116. The van der Waals surface area contributed by atoms with Crippen molar-refractivity contribution in [2.75, 3.05) is 5.32 Å². The van der Waals surface area contributed by atoms with Crippen molar-refractivity contribution in [1.82, 2.24) is 0 Å². The minimum atomic E-state index is -1.10. The molecule has 1 aromatic carbocycles. The van der Waals surface area contributed by atoms with E-state index in [0.717, 1.165) is 6.42 Å². The quantitative estimate of drug-likeness (QED) is 0.864. The fraction of sp³-hybridized carbons (Fsp3) is 0.467. The van der Waals surface area contributed by atoms with Crippen LogP contribution in [0.2, 0.25) is 5.02 Å². The van der Waals surface area contributed by atoms with Crippen molar-refractivity contribution in [2.24, 2.45) is 5.92 Å². The minimum Gasteiger partial charge on any atom is -0.478 e. The summed E-state index contributed by atoms with van der Waals surface area (Å²) in [4.78, 5) is 23.0. The lowest BCUT2D eigenvalue weighted by atomic mass is 10.0. The van der Waals surface area contributed by atoms with Crippen molar-refractivity contribution in [3.05, 3.63) is 28.8 Å². The maximum Gasteiger partial charge on any atom is 0.337 e. The van der Waals surface area contributed by atoms with Gasteiger partial charge >= 0.3 is 5.97 Å². The number of benzene rings is 1. The van der Waals surface area contributed by atoms with E-state index in [2.05, 4.69) is 5.32 Å². The maximum atomic E-state index is 11.9. The van der Waals surface area contributed by atoms with E-state index in [1.807, 2.05) is 0 Å². The zero-order valence-corrected chi connectivity index (χ0v) is 11.9. The number of rotatable bonds is 5. The Morgan fingerprint density at radius 3 is 2.65 bits per heavy atom. The second kappa shape index (κ2) is 6.75. The van der Waals surface area contributed by atoms with Crippen molar-refractivity contribution in [3.63, 3.8) is 0 Å². The molecule has 20 heavy (non-hydrogen) atoms. The Hall–Kier alpha value is -1.55. The molecule has 0 spiro atoms. The van der Waals surface area contributed by atoms with E-state index < -0.39 is 5.97 Å². The molecule has 2 rings (SSSR count). The van der Waals surface area contributed by atoms with Crippen LogP contribution in [0.4, 0.5) is 5.69 Å². The number of carboxylic acid groups (broad SMARTS) is 1. The topological polar surface area (TPSA) is 66.4 Å². The monoisotopic (exact) mass is 295 g/mol. The highest BCUT2D eigenvalue weighted by molar-refractivity contribution is 6.34. The van der Waals surface area contributed by atoms with Gasteiger partial charge in [-0.25, -0.2) is 4.79 Å². The fourth-order valence-electron chi connectivity index (χ4n) is 2.67. The smallest absolute Gasteiger partial charge is 0.337 e. The number of nitrogens with one attached hydrogen (secondary N) is 1. The van der Waals surface area contributed by atoms with Gasteiger partial charge in [-0.2, -0.15) is 0 Å². The molecule has 0 aliphatic heterocycles. The van der Waals surface area contributed by atoms with Crippen LogP contribution in [0.15, 0.2) is 18.2 Å². The Bertz CT molecular complexity index is 510. The predicted octanol–water partition coefficient (Wildman–Crippen LogP) is 3.95. The molecule has 0 radical (unpaired) electrons. The van der Waals surface area contributed by atoms with Crippen LogP contribution in [0, 0.1) is 5.92 Å². The average Bonchev–Trinajstić information content (AvgIpc) is 2.91. The highest BCUT2D eigenvalue weighted by Crippen LogP contribution is 2.29. The van der Waals surface area contributed by atoms with E-state index in [0.29, 0.717) is 12.3 Å². The Morgan fingerprint density at radius 1 is 1.30 bits per heavy atom. The molecule has 1 amide bonds. The summed E-state index contributed by atoms with van der Waals surface area (Å²) in [6, 6.07) is 4.56. The Kier molecular flexibility index (Phi) is 5.01. The van der Waals surface area contributed by atoms with Gasteiger partial charge in [0.1, 0.15) is 0 Å². The molecular weight excluding hydrogens is 278 g/mol. The first-order chi connectivity index (χ1) is 9.58. The molecule has 0 heterocycles. The molecule has 5 heteroatoms. The van der Waals surface area contributed by atoms with Crippen molar-refractivity contribution in [1.29, 1.82) is 0 Å². The van der Waals surface area contributed by atoms with Gasteiger partial charge in [-0.15, -0.1) is 0 Å². The first-order valence-corrected chi connectivity index (χ1v) is 7.27. The number of para-hydroxylation sites is 1. The van der Waals surface area contributed by atoms with Crippen LogP contribution in [0.3, 0.4) is 0 Å². The summed E-state index contributed by atoms with van der Waals surface area (Å²) >= 11 is 5.97.